The number of rotatable bonds is 4. The van der Waals surface area contributed by atoms with E-state index < -0.39 is 0 Å². The van der Waals surface area contributed by atoms with E-state index in [2.05, 4.69) is 34.1 Å². The quantitative estimate of drug-likeness (QED) is 0.825. The second-order valence-electron chi connectivity index (χ2n) is 2.79. The summed E-state index contributed by atoms with van der Waals surface area (Å²) in [5.74, 6) is 0.534. The number of nitrogens with one attached hydrogen (secondary N) is 1. The monoisotopic (exact) mass is 231 g/mol. The van der Waals surface area contributed by atoms with E-state index in [1.807, 2.05) is 0 Å². The van der Waals surface area contributed by atoms with Gasteiger partial charge in [0.2, 0.25) is 11.2 Å². The maximum atomic E-state index is 5.52. The number of nitrogens with zero attached hydrogens (tertiary/aromatic N) is 3. The lowest BCUT2D eigenvalue weighted by Crippen LogP contribution is -2.04. The molecule has 0 atom stereocenters. The molecular weight excluding hydrogens is 214 g/mol. The maximum absolute atomic E-state index is 5.52. The number of nitrogens with two attached hydrogens (primary N) is 1. The fraction of sp³-hybridized carbons (Fsp3) is 0.667. The molecular formula is C9H18ClN5. The highest BCUT2D eigenvalue weighted by Gasteiger charge is 1.94. The molecule has 6 heteroatoms. The first-order valence-corrected chi connectivity index (χ1v) is 5.40. The van der Waals surface area contributed by atoms with Crippen molar-refractivity contribution >= 4 is 17.5 Å². The molecule has 86 valence electrons. The van der Waals surface area contributed by atoms with Gasteiger partial charge in [-0.05, 0) is 31.0 Å². The normalized spacial score (nSPS) is 9.07. The molecule has 0 fully saturated rings. The first kappa shape index (κ1) is 14.1. The van der Waals surface area contributed by atoms with Crippen molar-refractivity contribution in [2.45, 2.75) is 26.7 Å². The zero-order chi connectivity index (χ0) is 11.5. The van der Waals surface area contributed by atoms with E-state index in [9.17, 15) is 0 Å². The van der Waals surface area contributed by atoms with Crippen LogP contribution in [-0.4, -0.2) is 28.0 Å². The molecule has 0 amide bonds. The summed E-state index contributed by atoms with van der Waals surface area (Å²) in [6.45, 7) is 5.79. The Hall–Kier alpha value is -0.940. The summed E-state index contributed by atoms with van der Waals surface area (Å²) >= 11 is 5.52. The van der Waals surface area contributed by atoms with Crippen molar-refractivity contribution in [1.29, 1.82) is 0 Å². The van der Waals surface area contributed by atoms with Crippen LogP contribution in [0, 0.1) is 0 Å². The molecule has 0 saturated carbocycles. The van der Waals surface area contributed by atoms with E-state index in [1.165, 1.54) is 6.33 Å². The Kier molecular flexibility index (Phi) is 9.01. The van der Waals surface area contributed by atoms with Gasteiger partial charge in [0, 0.05) is 6.54 Å². The van der Waals surface area contributed by atoms with Gasteiger partial charge in [0.25, 0.3) is 0 Å². The van der Waals surface area contributed by atoms with E-state index in [0.717, 1.165) is 25.9 Å². The van der Waals surface area contributed by atoms with Gasteiger partial charge in [0.05, 0.1) is 0 Å². The van der Waals surface area contributed by atoms with Crippen molar-refractivity contribution in [3.05, 3.63) is 11.6 Å². The minimum Gasteiger partial charge on any atom is -0.354 e. The van der Waals surface area contributed by atoms with Crippen LogP contribution in [0.25, 0.3) is 0 Å². The molecule has 0 aromatic carbocycles. The zero-order valence-electron chi connectivity index (χ0n) is 9.20. The van der Waals surface area contributed by atoms with E-state index in [-0.39, 0.29) is 5.28 Å². The number of aromatic nitrogens is 3. The van der Waals surface area contributed by atoms with Crippen molar-refractivity contribution in [3.63, 3.8) is 0 Å². The van der Waals surface area contributed by atoms with Crippen molar-refractivity contribution < 1.29 is 0 Å². The number of anilines is 1. The third-order valence-electron chi connectivity index (χ3n) is 1.36. The van der Waals surface area contributed by atoms with Gasteiger partial charge >= 0.3 is 0 Å². The molecule has 1 heterocycles. The Bertz CT molecular complexity index is 254. The van der Waals surface area contributed by atoms with Gasteiger partial charge in [-0.2, -0.15) is 4.98 Å². The summed E-state index contributed by atoms with van der Waals surface area (Å²) < 4.78 is 0. The average Bonchev–Trinajstić information content (AvgIpc) is 2.27. The molecule has 0 aliphatic rings. The first-order chi connectivity index (χ1) is 7.24. The second-order valence-corrected chi connectivity index (χ2v) is 3.13. The number of hydrogen-bond acceptors (Lipinski definition) is 5. The molecule has 0 bridgehead atoms. The zero-order valence-corrected chi connectivity index (χ0v) is 9.96. The Morgan fingerprint density at radius 3 is 2.47 bits per heavy atom. The first-order valence-electron chi connectivity index (χ1n) is 5.03. The summed E-state index contributed by atoms with van der Waals surface area (Å²) in [6.07, 6.45) is 3.51. The highest BCUT2D eigenvalue weighted by atomic mass is 35.5. The molecule has 15 heavy (non-hydrogen) atoms. The Morgan fingerprint density at radius 2 is 2.00 bits per heavy atom. The Labute approximate surface area is 95.5 Å². The molecule has 0 radical (unpaired) electrons. The van der Waals surface area contributed by atoms with Gasteiger partial charge in [0.1, 0.15) is 6.33 Å². The van der Waals surface area contributed by atoms with Crippen molar-refractivity contribution in [1.82, 2.24) is 15.0 Å². The van der Waals surface area contributed by atoms with Crippen molar-refractivity contribution in [2.75, 3.05) is 18.4 Å². The van der Waals surface area contributed by atoms with Crippen LogP contribution < -0.4 is 11.1 Å². The smallest absolute Gasteiger partial charge is 0.227 e. The molecule has 1 rings (SSSR count). The summed E-state index contributed by atoms with van der Waals surface area (Å²) in [7, 11) is 0. The van der Waals surface area contributed by atoms with E-state index in [1.54, 1.807) is 0 Å². The number of halogens is 1. The molecule has 5 nitrogen and oxygen atoms in total. The highest BCUT2D eigenvalue weighted by molar-refractivity contribution is 6.28. The van der Waals surface area contributed by atoms with Crippen LogP contribution in [0.2, 0.25) is 5.28 Å². The van der Waals surface area contributed by atoms with Gasteiger partial charge in [-0.15, -0.1) is 0 Å². The molecule has 0 saturated heterocycles. The predicted octanol–water partition coefficient (Wildman–Crippen LogP) is 1.70. The van der Waals surface area contributed by atoms with Crippen LogP contribution in [0.1, 0.15) is 26.7 Å². The van der Waals surface area contributed by atoms with Gasteiger partial charge in [-0.1, -0.05) is 13.8 Å². The third kappa shape index (κ3) is 8.08. The third-order valence-corrected chi connectivity index (χ3v) is 1.55. The molecule has 0 aliphatic carbocycles. The molecule has 1 aromatic rings. The van der Waals surface area contributed by atoms with Crippen LogP contribution in [0.4, 0.5) is 5.95 Å². The fourth-order valence-electron chi connectivity index (χ4n) is 0.598. The second kappa shape index (κ2) is 9.61. The average molecular weight is 232 g/mol. The molecule has 1 aromatic heterocycles. The minimum absolute atomic E-state index is 0.221. The Morgan fingerprint density at radius 1 is 1.33 bits per heavy atom. The van der Waals surface area contributed by atoms with Gasteiger partial charge < -0.3 is 11.1 Å². The summed E-state index contributed by atoms with van der Waals surface area (Å²) in [6, 6.07) is 0. The SMILES string of the molecule is CCCN.CCCNc1ncnc(Cl)n1. The largest absolute Gasteiger partial charge is 0.354 e. The lowest BCUT2D eigenvalue weighted by Gasteiger charge is -1.99. The van der Waals surface area contributed by atoms with Gasteiger partial charge in [-0.25, -0.2) is 9.97 Å². The highest BCUT2D eigenvalue weighted by Crippen LogP contribution is 2.01. The lowest BCUT2D eigenvalue weighted by atomic mass is 10.5. The van der Waals surface area contributed by atoms with Crippen LogP contribution in [0.5, 0.6) is 0 Å². The van der Waals surface area contributed by atoms with Crippen LogP contribution >= 0.6 is 11.6 Å². The van der Waals surface area contributed by atoms with Crippen LogP contribution in [0.3, 0.4) is 0 Å². The topological polar surface area (TPSA) is 76.7 Å². The predicted molar refractivity (Wildman–Crippen MR) is 63.0 cm³/mol. The van der Waals surface area contributed by atoms with Crippen LogP contribution in [-0.2, 0) is 0 Å². The maximum Gasteiger partial charge on any atom is 0.227 e. The van der Waals surface area contributed by atoms with Gasteiger partial charge in [0.15, 0.2) is 0 Å². The van der Waals surface area contributed by atoms with Crippen LogP contribution in [0.15, 0.2) is 6.33 Å². The molecule has 0 aliphatic heterocycles. The van der Waals surface area contributed by atoms with E-state index in [4.69, 9.17) is 17.3 Å². The van der Waals surface area contributed by atoms with E-state index in [0.29, 0.717) is 5.95 Å². The molecule has 0 unspecified atom stereocenters. The Balaban J connectivity index is 0.000000423. The summed E-state index contributed by atoms with van der Waals surface area (Å²) in [4.78, 5) is 11.4. The minimum atomic E-state index is 0.221. The van der Waals surface area contributed by atoms with Crippen molar-refractivity contribution in [3.8, 4) is 0 Å². The summed E-state index contributed by atoms with van der Waals surface area (Å²) in [5, 5.41) is 3.21. The molecule has 0 spiro atoms. The van der Waals surface area contributed by atoms with Crippen molar-refractivity contribution in [2.24, 2.45) is 5.73 Å². The lowest BCUT2D eigenvalue weighted by molar-refractivity contribution is 0.932. The van der Waals surface area contributed by atoms with E-state index >= 15 is 0 Å². The van der Waals surface area contributed by atoms with Gasteiger partial charge in [-0.3, -0.25) is 0 Å². The number of hydrogen-bond donors (Lipinski definition) is 2. The summed E-state index contributed by atoms with van der Waals surface area (Å²) in [5.41, 5.74) is 5.03. The fourth-order valence-corrected chi connectivity index (χ4v) is 0.722. The molecule has 3 N–H and O–H groups in total. The standard InChI is InChI=1S/C6H9ClN4.C3H9N/c1-2-3-8-6-10-4-9-5(7)11-6;1-2-3-4/h4H,2-3H2,1H3,(H,8,9,10,11);2-4H2,1H3.